The van der Waals surface area contributed by atoms with Crippen LogP contribution in [0.4, 0.5) is 0 Å². The van der Waals surface area contributed by atoms with E-state index in [1.165, 1.54) is 0 Å². The Labute approximate surface area is 59.4 Å². The lowest BCUT2D eigenvalue weighted by molar-refractivity contribution is -0.0362. The predicted octanol–water partition coefficient (Wildman–Crippen LogP) is 0.126. The largest absolute Gasteiger partial charge is 0.328 e. The zero-order chi connectivity index (χ0) is 6.85. The van der Waals surface area contributed by atoms with Crippen LogP contribution in [0, 0.1) is 0 Å². The van der Waals surface area contributed by atoms with Crippen LogP contribution in [0.15, 0.2) is 0 Å². The molecule has 4 heteroatoms. The molecule has 1 rings (SSSR count). The van der Waals surface area contributed by atoms with E-state index in [-0.39, 0.29) is 6.04 Å². The summed E-state index contributed by atoms with van der Waals surface area (Å²) in [6, 6.07) is 0.0671. The summed E-state index contributed by atoms with van der Waals surface area (Å²) in [7, 11) is 0. The minimum absolute atomic E-state index is 0.0671. The Hall–Kier alpha value is -0.190. The van der Waals surface area contributed by atoms with Gasteiger partial charge in [-0.05, 0) is 6.42 Å². The second-order valence-corrected chi connectivity index (χ2v) is 2.64. The van der Waals surface area contributed by atoms with Crippen molar-refractivity contribution >= 4 is 17.2 Å². The second kappa shape index (κ2) is 2.60. The molecular formula is C5H10N2OS. The fraction of sp³-hybridized carbons (Fsp3) is 0.800. The third-order valence-electron chi connectivity index (χ3n) is 1.56. The van der Waals surface area contributed by atoms with Gasteiger partial charge in [-0.1, -0.05) is 12.2 Å². The molecule has 0 aliphatic carbocycles. The lowest BCUT2D eigenvalue weighted by Gasteiger charge is -2.16. The number of hydroxylamine groups is 2. The van der Waals surface area contributed by atoms with E-state index >= 15 is 0 Å². The molecule has 0 radical (unpaired) electrons. The van der Waals surface area contributed by atoms with E-state index in [2.05, 4.69) is 0 Å². The molecule has 0 bridgehead atoms. The summed E-state index contributed by atoms with van der Waals surface area (Å²) < 4.78 is 0. The number of nitrogens with zero attached hydrogens (tertiary/aromatic N) is 1. The monoisotopic (exact) mass is 146 g/mol. The van der Waals surface area contributed by atoms with E-state index < -0.39 is 0 Å². The van der Waals surface area contributed by atoms with Gasteiger partial charge in [-0.15, -0.1) is 0 Å². The van der Waals surface area contributed by atoms with Gasteiger partial charge in [0.1, 0.15) is 4.99 Å². The van der Waals surface area contributed by atoms with Crippen molar-refractivity contribution in [3.63, 3.8) is 0 Å². The Morgan fingerprint density at radius 3 is 2.78 bits per heavy atom. The van der Waals surface area contributed by atoms with Crippen LogP contribution in [0.25, 0.3) is 0 Å². The van der Waals surface area contributed by atoms with Gasteiger partial charge in [0.05, 0.1) is 6.04 Å². The lowest BCUT2D eigenvalue weighted by atomic mass is 10.2. The maximum absolute atomic E-state index is 9.07. The maximum Gasteiger partial charge on any atom is 0.104 e. The first-order chi connectivity index (χ1) is 4.25. The number of nitrogens with two attached hydrogens (primary N) is 1. The van der Waals surface area contributed by atoms with Crippen LogP contribution in [0.5, 0.6) is 0 Å². The Morgan fingerprint density at radius 2 is 2.56 bits per heavy atom. The van der Waals surface area contributed by atoms with Gasteiger partial charge in [0.15, 0.2) is 0 Å². The van der Waals surface area contributed by atoms with Gasteiger partial charge in [-0.3, -0.25) is 5.21 Å². The molecule has 1 heterocycles. The van der Waals surface area contributed by atoms with Crippen molar-refractivity contribution < 1.29 is 5.21 Å². The summed E-state index contributed by atoms with van der Waals surface area (Å²) in [4.78, 5) is 0.616. The van der Waals surface area contributed by atoms with E-state index in [4.69, 9.17) is 23.2 Å². The molecule has 9 heavy (non-hydrogen) atoms. The molecular weight excluding hydrogens is 136 g/mol. The summed E-state index contributed by atoms with van der Waals surface area (Å²) in [5, 5.41) is 10.2. The lowest BCUT2D eigenvalue weighted by Crippen LogP contribution is -2.34. The summed E-state index contributed by atoms with van der Waals surface area (Å²) in [6.45, 7) is 0.483. The maximum atomic E-state index is 9.07. The Morgan fingerprint density at radius 1 is 1.89 bits per heavy atom. The zero-order valence-electron chi connectivity index (χ0n) is 5.08. The number of hydrogen-bond donors (Lipinski definition) is 2. The molecule has 1 saturated heterocycles. The Balaban J connectivity index is 2.51. The van der Waals surface area contributed by atoms with Gasteiger partial charge >= 0.3 is 0 Å². The molecule has 0 spiro atoms. The Bertz CT molecular complexity index is 128. The highest BCUT2D eigenvalue weighted by Gasteiger charge is 2.24. The van der Waals surface area contributed by atoms with Crippen LogP contribution < -0.4 is 5.73 Å². The first-order valence-corrected chi connectivity index (χ1v) is 3.37. The van der Waals surface area contributed by atoms with Gasteiger partial charge in [0.2, 0.25) is 0 Å². The fourth-order valence-electron chi connectivity index (χ4n) is 0.948. The fourth-order valence-corrected chi connectivity index (χ4v) is 1.22. The van der Waals surface area contributed by atoms with Crippen molar-refractivity contribution in [1.82, 2.24) is 5.06 Å². The van der Waals surface area contributed by atoms with Crippen LogP contribution in [0.3, 0.4) is 0 Å². The van der Waals surface area contributed by atoms with E-state index in [0.29, 0.717) is 11.5 Å². The van der Waals surface area contributed by atoms with Crippen molar-refractivity contribution in [3.05, 3.63) is 0 Å². The molecule has 0 aromatic rings. The van der Waals surface area contributed by atoms with Crippen LogP contribution in [-0.2, 0) is 0 Å². The van der Waals surface area contributed by atoms with Crippen molar-refractivity contribution in [3.8, 4) is 0 Å². The number of hydrogen-bond acceptors (Lipinski definition) is 3. The third-order valence-corrected chi connectivity index (χ3v) is 1.96. The van der Waals surface area contributed by atoms with Crippen LogP contribution in [0.2, 0.25) is 0 Å². The molecule has 1 aliphatic rings. The third kappa shape index (κ3) is 1.20. The molecule has 1 atom stereocenters. The SMILES string of the molecule is NC[C@@H]1CCC(=S)N1O. The molecule has 0 aromatic heterocycles. The van der Waals surface area contributed by atoms with Crippen LogP contribution in [0.1, 0.15) is 12.8 Å². The minimum Gasteiger partial charge on any atom is -0.328 e. The number of rotatable bonds is 1. The average Bonchev–Trinajstić information content (AvgIpc) is 2.15. The summed E-state index contributed by atoms with van der Waals surface area (Å²) in [5.41, 5.74) is 5.33. The molecule has 0 amide bonds. The van der Waals surface area contributed by atoms with Gasteiger partial charge in [0.25, 0.3) is 0 Å². The smallest absolute Gasteiger partial charge is 0.104 e. The second-order valence-electron chi connectivity index (χ2n) is 2.17. The summed E-state index contributed by atoms with van der Waals surface area (Å²) in [6.07, 6.45) is 1.69. The van der Waals surface area contributed by atoms with Crippen LogP contribution in [-0.4, -0.2) is 27.8 Å². The summed E-state index contributed by atoms with van der Waals surface area (Å²) >= 11 is 4.81. The van der Waals surface area contributed by atoms with Crippen molar-refractivity contribution in [1.29, 1.82) is 0 Å². The van der Waals surface area contributed by atoms with E-state index in [0.717, 1.165) is 17.9 Å². The first-order valence-electron chi connectivity index (χ1n) is 2.96. The first kappa shape index (κ1) is 6.92. The minimum atomic E-state index is 0.0671. The zero-order valence-corrected chi connectivity index (χ0v) is 5.90. The average molecular weight is 146 g/mol. The van der Waals surface area contributed by atoms with Gasteiger partial charge in [-0.25, -0.2) is 5.06 Å². The highest BCUT2D eigenvalue weighted by atomic mass is 32.1. The molecule has 0 saturated carbocycles. The predicted molar refractivity (Wildman–Crippen MR) is 38.3 cm³/mol. The van der Waals surface area contributed by atoms with E-state index in [9.17, 15) is 0 Å². The molecule has 1 aliphatic heterocycles. The van der Waals surface area contributed by atoms with Gasteiger partial charge in [0, 0.05) is 13.0 Å². The molecule has 0 aromatic carbocycles. The molecule has 3 nitrogen and oxygen atoms in total. The quantitative estimate of drug-likeness (QED) is 0.516. The number of thiocarbonyl (C=S) groups is 1. The van der Waals surface area contributed by atoms with Crippen LogP contribution >= 0.6 is 12.2 Å². The van der Waals surface area contributed by atoms with Crippen molar-refractivity contribution in [2.24, 2.45) is 5.73 Å². The van der Waals surface area contributed by atoms with Crippen molar-refractivity contribution in [2.75, 3.05) is 6.54 Å². The summed E-state index contributed by atoms with van der Waals surface area (Å²) in [5.74, 6) is 0. The standard InChI is InChI=1S/C5H10N2OS/c6-3-4-1-2-5(9)7(4)8/h4,8H,1-3,6H2/t4-/m0/s1. The van der Waals surface area contributed by atoms with E-state index in [1.807, 2.05) is 0 Å². The normalized spacial score (nSPS) is 27.6. The Kier molecular flexibility index (Phi) is 2.00. The van der Waals surface area contributed by atoms with E-state index in [1.54, 1.807) is 0 Å². The topological polar surface area (TPSA) is 49.5 Å². The van der Waals surface area contributed by atoms with Gasteiger partial charge < -0.3 is 5.73 Å². The molecule has 52 valence electrons. The molecule has 3 N–H and O–H groups in total. The highest BCUT2D eigenvalue weighted by molar-refractivity contribution is 7.80. The van der Waals surface area contributed by atoms with Crippen molar-refractivity contribution in [2.45, 2.75) is 18.9 Å². The highest BCUT2D eigenvalue weighted by Crippen LogP contribution is 2.15. The molecule has 1 fully saturated rings. The molecule has 0 unspecified atom stereocenters. The van der Waals surface area contributed by atoms with Gasteiger partial charge in [-0.2, -0.15) is 0 Å².